The number of rotatable bonds is 4. The van der Waals surface area contributed by atoms with Gasteiger partial charge in [0.25, 0.3) is 5.91 Å². The molecular weight excluding hydrogens is 334 g/mol. The van der Waals surface area contributed by atoms with E-state index in [0.29, 0.717) is 18.7 Å². The van der Waals surface area contributed by atoms with Crippen LogP contribution in [0.25, 0.3) is 0 Å². The van der Waals surface area contributed by atoms with E-state index in [1.54, 1.807) is 0 Å². The summed E-state index contributed by atoms with van der Waals surface area (Å²) < 4.78 is 0. The molecule has 2 unspecified atom stereocenters. The van der Waals surface area contributed by atoms with E-state index in [0.717, 1.165) is 12.8 Å². The molecule has 24 heavy (non-hydrogen) atoms. The molecule has 4 N–H and O–H groups in total. The Labute approximate surface area is 144 Å². The summed E-state index contributed by atoms with van der Waals surface area (Å²) in [7, 11) is 0. The minimum Gasteiger partial charge on any atom is -0.480 e. The summed E-state index contributed by atoms with van der Waals surface area (Å²) in [5, 5.41) is 12.1. The number of carbonyl (C=O) groups excluding carboxylic acids is 2. The fourth-order valence-corrected chi connectivity index (χ4v) is 2.89. The SMILES string of the molecule is CC(NC(=O)c1ccc(N)c(Cl)c1)C(=O)N1CCCCC1C(=O)O. The molecule has 1 aromatic rings. The molecule has 2 rings (SSSR count). The standard InChI is InChI=1S/C16H20ClN3O4/c1-9(15(22)20-7-3-2-4-13(20)16(23)24)19-14(21)10-5-6-12(18)11(17)8-10/h5-6,8-9,13H,2-4,7,18H2,1H3,(H,19,21)(H,23,24). The maximum absolute atomic E-state index is 12.5. The van der Waals surface area contributed by atoms with Crippen molar-refractivity contribution < 1.29 is 19.5 Å². The Morgan fingerprint density at radius 1 is 1.38 bits per heavy atom. The van der Waals surface area contributed by atoms with Crippen molar-refractivity contribution in [2.75, 3.05) is 12.3 Å². The summed E-state index contributed by atoms with van der Waals surface area (Å²) in [6.07, 6.45) is 1.95. The molecule has 8 heteroatoms. The highest BCUT2D eigenvalue weighted by atomic mass is 35.5. The van der Waals surface area contributed by atoms with Crippen molar-refractivity contribution in [2.45, 2.75) is 38.3 Å². The fraction of sp³-hybridized carbons (Fsp3) is 0.438. The molecule has 1 heterocycles. The van der Waals surface area contributed by atoms with Crippen molar-refractivity contribution in [3.63, 3.8) is 0 Å². The highest BCUT2D eigenvalue weighted by molar-refractivity contribution is 6.33. The molecular formula is C16H20ClN3O4. The Bertz CT molecular complexity index is 665. The number of benzene rings is 1. The number of carbonyl (C=O) groups is 3. The fourth-order valence-electron chi connectivity index (χ4n) is 2.71. The maximum atomic E-state index is 12.5. The van der Waals surface area contributed by atoms with E-state index in [1.165, 1.54) is 30.0 Å². The van der Waals surface area contributed by atoms with E-state index >= 15 is 0 Å². The number of hydrogen-bond acceptors (Lipinski definition) is 4. The van der Waals surface area contributed by atoms with Crippen molar-refractivity contribution >= 4 is 35.1 Å². The molecule has 0 aliphatic carbocycles. The van der Waals surface area contributed by atoms with E-state index < -0.39 is 29.9 Å². The van der Waals surface area contributed by atoms with Gasteiger partial charge in [-0.2, -0.15) is 0 Å². The van der Waals surface area contributed by atoms with Gasteiger partial charge in [0.05, 0.1) is 10.7 Å². The van der Waals surface area contributed by atoms with Crippen LogP contribution in [0.1, 0.15) is 36.5 Å². The van der Waals surface area contributed by atoms with Crippen LogP contribution in [-0.4, -0.2) is 46.4 Å². The molecule has 0 aromatic heterocycles. The van der Waals surface area contributed by atoms with Crippen LogP contribution >= 0.6 is 11.6 Å². The largest absolute Gasteiger partial charge is 0.480 e. The predicted molar refractivity (Wildman–Crippen MR) is 89.8 cm³/mol. The summed E-state index contributed by atoms with van der Waals surface area (Å²) in [6, 6.07) is 2.76. The minimum atomic E-state index is -1.02. The molecule has 0 radical (unpaired) electrons. The van der Waals surface area contributed by atoms with Crippen LogP contribution in [0.5, 0.6) is 0 Å². The van der Waals surface area contributed by atoms with Crippen molar-refractivity contribution in [1.82, 2.24) is 10.2 Å². The number of piperidine rings is 1. The monoisotopic (exact) mass is 353 g/mol. The number of halogens is 1. The van der Waals surface area contributed by atoms with Crippen LogP contribution < -0.4 is 11.1 Å². The Morgan fingerprint density at radius 3 is 2.71 bits per heavy atom. The van der Waals surface area contributed by atoms with Gasteiger partial charge in [0, 0.05) is 12.1 Å². The molecule has 1 fully saturated rings. The molecule has 1 aliphatic heterocycles. The second kappa shape index (κ2) is 7.53. The molecule has 1 aliphatic rings. The van der Waals surface area contributed by atoms with Crippen LogP contribution in [0.2, 0.25) is 5.02 Å². The number of anilines is 1. The smallest absolute Gasteiger partial charge is 0.326 e. The summed E-state index contributed by atoms with van der Waals surface area (Å²) in [5.74, 6) is -1.90. The summed E-state index contributed by atoms with van der Waals surface area (Å²) in [6.45, 7) is 1.91. The van der Waals surface area contributed by atoms with Gasteiger partial charge in [-0.3, -0.25) is 9.59 Å². The second-order valence-electron chi connectivity index (χ2n) is 5.81. The summed E-state index contributed by atoms with van der Waals surface area (Å²) in [4.78, 5) is 37.3. The second-order valence-corrected chi connectivity index (χ2v) is 6.22. The van der Waals surface area contributed by atoms with E-state index in [9.17, 15) is 19.5 Å². The van der Waals surface area contributed by atoms with Crippen molar-refractivity contribution in [3.05, 3.63) is 28.8 Å². The molecule has 2 atom stereocenters. The first kappa shape index (κ1) is 18.1. The first-order valence-electron chi connectivity index (χ1n) is 7.70. The van der Waals surface area contributed by atoms with Crippen LogP contribution in [0.4, 0.5) is 5.69 Å². The number of nitrogens with two attached hydrogens (primary N) is 1. The number of carboxylic acid groups (broad SMARTS) is 1. The number of nitrogens with one attached hydrogen (secondary N) is 1. The molecule has 0 bridgehead atoms. The lowest BCUT2D eigenvalue weighted by Crippen LogP contribution is -2.54. The van der Waals surface area contributed by atoms with E-state index in [4.69, 9.17) is 17.3 Å². The minimum absolute atomic E-state index is 0.253. The zero-order valence-corrected chi connectivity index (χ0v) is 14.0. The number of nitrogens with zero attached hydrogens (tertiary/aromatic N) is 1. The van der Waals surface area contributed by atoms with Gasteiger partial charge >= 0.3 is 5.97 Å². The molecule has 1 aromatic carbocycles. The third kappa shape index (κ3) is 3.97. The molecule has 7 nitrogen and oxygen atoms in total. The Kier molecular flexibility index (Phi) is 5.66. The lowest BCUT2D eigenvalue weighted by Gasteiger charge is -2.34. The zero-order chi connectivity index (χ0) is 17.9. The van der Waals surface area contributed by atoms with Crippen LogP contribution in [0, 0.1) is 0 Å². The number of aliphatic carboxylic acids is 1. The quantitative estimate of drug-likeness (QED) is 0.710. The van der Waals surface area contributed by atoms with Gasteiger partial charge in [0.2, 0.25) is 5.91 Å². The lowest BCUT2D eigenvalue weighted by molar-refractivity contribution is -0.152. The predicted octanol–water partition coefficient (Wildman–Crippen LogP) is 1.51. The van der Waals surface area contributed by atoms with Crippen molar-refractivity contribution in [1.29, 1.82) is 0 Å². The summed E-state index contributed by atoms with van der Waals surface area (Å²) >= 11 is 5.89. The highest BCUT2D eigenvalue weighted by Gasteiger charge is 2.34. The van der Waals surface area contributed by atoms with Crippen LogP contribution in [0.15, 0.2) is 18.2 Å². The van der Waals surface area contributed by atoms with Gasteiger partial charge in [-0.05, 0) is 44.4 Å². The van der Waals surface area contributed by atoms with Gasteiger partial charge in [-0.15, -0.1) is 0 Å². The normalized spacial score (nSPS) is 18.8. The average molecular weight is 354 g/mol. The maximum Gasteiger partial charge on any atom is 0.326 e. The Morgan fingerprint density at radius 2 is 2.08 bits per heavy atom. The zero-order valence-electron chi connectivity index (χ0n) is 13.3. The van der Waals surface area contributed by atoms with E-state index in [1.807, 2.05) is 0 Å². The first-order valence-corrected chi connectivity index (χ1v) is 8.08. The van der Waals surface area contributed by atoms with Crippen molar-refractivity contribution in [3.8, 4) is 0 Å². The van der Waals surface area contributed by atoms with Gasteiger partial charge in [0.15, 0.2) is 0 Å². The lowest BCUT2D eigenvalue weighted by atomic mass is 10.0. The molecule has 130 valence electrons. The molecule has 0 spiro atoms. The number of carboxylic acids is 1. The molecule has 1 saturated heterocycles. The van der Waals surface area contributed by atoms with Gasteiger partial charge in [-0.1, -0.05) is 11.6 Å². The van der Waals surface area contributed by atoms with Crippen LogP contribution in [0.3, 0.4) is 0 Å². The number of nitrogen functional groups attached to an aromatic ring is 1. The van der Waals surface area contributed by atoms with Gasteiger partial charge in [-0.25, -0.2) is 4.79 Å². The third-order valence-electron chi connectivity index (χ3n) is 4.05. The van der Waals surface area contributed by atoms with Crippen molar-refractivity contribution in [2.24, 2.45) is 0 Å². The summed E-state index contributed by atoms with van der Waals surface area (Å²) in [5.41, 5.74) is 6.24. The third-order valence-corrected chi connectivity index (χ3v) is 4.38. The Hall–Kier alpha value is -2.28. The van der Waals surface area contributed by atoms with E-state index in [2.05, 4.69) is 5.32 Å². The first-order chi connectivity index (χ1) is 11.3. The molecule has 2 amide bonds. The molecule has 0 saturated carbocycles. The Balaban J connectivity index is 2.06. The van der Waals surface area contributed by atoms with Gasteiger partial charge in [0.1, 0.15) is 12.1 Å². The number of hydrogen-bond donors (Lipinski definition) is 3. The highest BCUT2D eigenvalue weighted by Crippen LogP contribution is 2.20. The number of amides is 2. The number of likely N-dealkylation sites (tertiary alicyclic amines) is 1. The average Bonchev–Trinajstić information content (AvgIpc) is 2.56. The van der Waals surface area contributed by atoms with Crippen LogP contribution in [-0.2, 0) is 9.59 Å². The topological polar surface area (TPSA) is 113 Å². The van der Waals surface area contributed by atoms with Gasteiger partial charge < -0.3 is 21.1 Å². The van der Waals surface area contributed by atoms with E-state index in [-0.39, 0.29) is 10.6 Å².